The van der Waals surface area contributed by atoms with Gasteiger partial charge < -0.3 is 15.8 Å². The van der Waals surface area contributed by atoms with E-state index >= 15 is 0 Å². The van der Waals surface area contributed by atoms with Crippen molar-refractivity contribution in [2.75, 3.05) is 18.2 Å². The molecule has 1 heterocycles. The molecule has 1 aliphatic rings. The quantitative estimate of drug-likeness (QED) is 0.456. The zero-order valence-electron chi connectivity index (χ0n) is 15.1. The molecule has 0 amide bonds. The average molecular weight is 393 g/mol. The van der Waals surface area contributed by atoms with E-state index < -0.39 is 11.6 Å². The summed E-state index contributed by atoms with van der Waals surface area (Å²) in [5.74, 6) is -0.260. The number of hydrogen-bond donors (Lipinski definition) is 4. The maximum Gasteiger partial charge on any atom is 0.224 e. The molecule has 1 aromatic heterocycles. The van der Waals surface area contributed by atoms with E-state index in [2.05, 4.69) is 33.2 Å². The molecular weight excluding hydrogens is 369 g/mol. The topological polar surface area (TPSA) is 116 Å². The van der Waals surface area contributed by atoms with Crippen molar-refractivity contribution in [3.63, 3.8) is 0 Å². The van der Waals surface area contributed by atoms with Crippen LogP contribution in [0.3, 0.4) is 0 Å². The van der Waals surface area contributed by atoms with Gasteiger partial charge in [-0.05, 0) is 31.0 Å². The lowest BCUT2D eigenvalue weighted by molar-refractivity contribution is 0.103. The van der Waals surface area contributed by atoms with Gasteiger partial charge in [-0.3, -0.25) is 9.93 Å². The monoisotopic (exact) mass is 393 g/mol. The summed E-state index contributed by atoms with van der Waals surface area (Å²) < 4.78 is 18.6. The first-order valence-electron chi connectivity index (χ1n) is 8.61. The van der Waals surface area contributed by atoms with Crippen molar-refractivity contribution in [1.82, 2.24) is 9.97 Å². The third kappa shape index (κ3) is 5.30. The first-order valence-corrected chi connectivity index (χ1v) is 9.13. The smallest absolute Gasteiger partial charge is 0.224 e. The minimum Gasteiger partial charge on any atom is -0.496 e. The molecule has 1 saturated carbocycles. The first-order chi connectivity index (χ1) is 13.1. The van der Waals surface area contributed by atoms with Crippen molar-refractivity contribution < 1.29 is 13.9 Å². The maximum atomic E-state index is 13.5. The third-order valence-electron chi connectivity index (χ3n) is 4.41. The van der Waals surface area contributed by atoms with Crippen LogP contribution in [-0.2, 0) is 0 Å². The normalized spacial score (nSPS) is 14.1. The number of nitrogens with zero attached hydrogens (tertiary/aromatic N) is 2. The number of ketones is 1. The van der Waals surface area contributed by atoms with Gasteiger partial charge in [0, 0.05) is 12.2 Å². The lowest BCUT2D eigenvalue weighted by atomic mass is 9.96. The SMILES string of the molecule is COc1ccc(F)cc1C(=O)c1cnc(NC2CCCCC2)nc1N.NS. The molecule has 0 atom stereocenters. The number of methoxy groups -OCH3 is 1. The highest BCUT2D eigenvalue weighted by molar-refractivity contribution is 7.77. The Hall–Kier alpha value is -2.39. The van der Waals surface area contributed by atoms with Crippen LogP contribution in [0.1, 0.15) is 48.0 Å². The van der Waals surface area contributed by atoms with Crippen LogP contribution in [0.2, 0.25) is 0 Å². The Morgan fingerprint density at radius 1 is 1.26 bits per heavy atom. The van der Waals surface area contributed by atoms with Gasteiger partial charge in [-0.2, -0.15) is 4.98 Å². The summed E-state index contributed by atoms with van der Waals surface area (Å²) in [5, 5.41) is 7.46. The van der Waals surface area contributed by atoms with Crippen LogP contribution in [0.5, 0.6) is 5.75 Å². The molecule has 3 rings (SSSR count). The number of halogens is 1. The van der Waals surface area contributed by atoms with Crippen LogP contribution in [0.15, 0.2) is 24.4 Å². The highest BCUT2D eigenvalue weighted by atomic mass is 32.1. The van der Waals surface area contributed by atoms with E-state index in [1.807, 2.05) is 0 Å². The molecule has 146 valence electrons. The predicted molar refractivity (Wildman–Crippen MR) is 106 cm³/mol. The van der Waals surface area contributed by atoms with Gasteiger partial charge in [-0.1, -0.05) is 19.3 Å². The molecule has 1 aromatic carbocycles. The zero-order valence-corrected chi connectivity index (χ0v) is 16.0. The largest absolute Gasteiger partial charge is 0.496 e. The van der Waals surface area contributed by atoms with Gasteiger partial charge in [0.15, 0.2) is 0 Å². The van der Waals surface area contributed by atoms with Crippen LogP contribution in [0.4, 0.5) is 16.2 Å². The van der Waals surface area contributed by atoms with Gasteiger partial charge >= 0.3 is 0 Å². The molecule has 0 spiro atoms. The van der Waals surface area contributed by atoms with E-state index in [-0.39, 0.29) is 22.7 Å². The van der Waals surface area contributed by atoms with Gasteiger partial charge in [0.1, 0.15) is 17.4 Å². The number of ether oxygens (including phenoxy) is 1. The molecule has 0 radical (unpaired) electrons. The van der Waals surface area contributed by atoms with Gasteiger partial charge in [-0.15, -0.1) is 12.8 Å². The Morgan fingerprint density at radius 2 is 1.96 bits per heavy atom. The van der Waals surface area contributed by atoms with Crippen LogP contribution in [-0.4, -0.2) is 28.9 Å². The number of rotatable bonds is 5. The third-order valence-corrected chi connectivity index (χ3v) is 4.41. The fraction of sp³-hybridized carbons (Fsp3) is 0.389. The van der Waals surface area contributed by atoms with Crippen molar-refractivity contribution in [2.45, 2.75) is 38.1 Å². The van der Waals surface area contributed by atoms with Crippen molar-refractivity contribution in [3.8, 4) is 5.75 Å². The lowest BCUT2D eigenvalue weighted by Crippen LogP contribution is -2.24. The molecule has 0 aliphatic heterocycles. The molecule has 9 heteroatoms. The summed E-state index contributed by atoms with van der Waals surface area (Å²) in [6, 6.07) is 4.08. The first kappa shape index (κ1) is 20.9. The zero-order chi connectivity index (χ0) is 19.8. The number of benzene rings is 1. The molecule has 1 fully saturated rings. The highest BCUT2D eigenvalue weighted by Gasteiger charge is 2.20. The van der Waals surface area contributed by atoms with Crippen LogP contribution in [0, 0.1) is 5.82 Å². The minimum absolute atomic E-state index is 0.0598. The van der Waals surface area contributed by atoms with Gasteiger partial charge in [0.2, 0.25) is 11.7 Å². The number of nitrogens with one attached hydrogen (secondary N) is 1. The van der Waals surface area contributed by atoms with Crippen molar-refractivity contribution in [3.05, 3.63) is 41.3 Å². The number of nitrogens with two attached hydrogens (primary N) is 2. The van der Waals surface area contributed by atoms with E-state index in [1.54, 1.807) is 0 Å². The van der Waals surface area contributed by atoms with E-state index in [9.17, 15) is 9.18 Å². The van der Waals surface area contributed by atoms with Gasteiger partial charge in [-0.25, -0.2) is 9.37 Å². The molecular formula is C18H24FN5O2S. The Balaban J connectivity index is 0.00000126. The molecule has 0 saturated heterocycles. The van der Waals surface area contributed by atoms with E-state index in [4.69, 9.17) is 10.5 Å². The Bertz CT molecular complexity index is 784. The number of carbonyl (C=O) groups excluding carboxylic acids is 1. The van der Waals surface area contributed by atoms with Crippen molar-refractivity contribution in [1.29, 1.82) is 0 Å². The Kier molecular flexibility index (Phi) is 7.81. The minimum atomic E-state index is -0.528. The Morgan fingerprint density at radius 3 is 2.59 bits per heavy atom. The Labute approximate surface area is 163 Å². The summed E-state index contributed by atoms with van der Waals surface area (Å²) in [7, 11) is 1.42. The van der Waals surface area contributed by atoms with Crippen LogP contribution < -0.4 is 20.9 Å². The number of carbonyl (C=O) groups is 1. The fourth-order valence-corrected chi connectivity index (χ4v) is 3.07. The standard InChI is InChI=1S/C18H21FN4O2.H3NS/c1-25-15-8-7-11(19)9-13(15)16(24)14-10-21-18(23-17(14)20)22-12-5-3-2-4-6-12;1-2/h7-10,12H,2-6H2,1H3,(H3,20,21,22,23);2H,1H2. The van der Waals surface area contributed by atoms with Crippen LogP contribution in [0.25, 0.3) is 0 Å². The molecule has 0 bridgehead atoms. The van der Waals surface area contributed by atoms with Gasteiger partial charge in [0.25, 0.3) is 0 Å². The second-order valence-electron chi connectivity index (χ2n) is 6.15. The summed E-state index contributed by atoms with van der Waals surface area (Å²) in [4.78, 5) is 21.1. The second kappa shape index (κ2) is 10.1. The maximum absolute atomic E-state index is 13.5. The number of thiol groups is 1. The number of aromatic nitrogens is 2. The summed E-state index contributed by atoms with van der Waals surface area (Å²) in [5.41, 5.74) is 6.16. The van der Waals surface area contributed by atoms with E-state index in [0.29, 0.717) is 12.0 Å². The van der Waals surface area contributed by atoms with E-state index in [0.717, 1.165) is 18.9 Å². The predicted octanol–water partition coefficient (Wildman–Crippen LogP) is 2.97. The van der Waals surface area contributed by atoms with Crippen molar-refractivity contribution in [2.24, 2.45) is 5.14 Å². The average Bonchev–Trinajstić information content (AvgIpc) is 2.70. The van der Waals surface area contributed by atoms with E-state index in [1.165, 1.54) is 44.7 Å². The molecule has 1 aliphatic carbocycles. The molecule has 7 nitrogen and oxygen atoms in total. The number of nitrogen functional groups attached to an aromatic ring is 1. The second-order valence-corrected chi connectivity index (χ2v) is 6.15. The van der Waals surface area contributed by atoms with Crippen LogP contribution >= 0.6 is 12.8 Å². The number of hydrogen-bond acceptors (Lipinski definition) is 8. The summed E-state index contributed by atoms with van der Waals surface area (Å²) in [6.07, 6.45) is 7.14. The van der Waals surface area contributed by atoms with Gasteiger partial charge in [0.05, 0.1) is 18.2 Å². The molecule has 2 aromatic rings. The molecule has 27 heavy (non-hydrogen) atoms. The fourth-order valence-electron chi connectivity index (χ4n) is 3.07. The lowest BCUT2D eigenvalue weighted by Gasteiger charge is -2.22. The van der Waals surface area contributed by atoms with Crippen molar-refractivity contribution >= 4 is 30.4 Å². The summed E-state index contributed by atoms with van der Waals surface area (Å²) >= 11 is 3.03. The number of anilines is 2. The molecule has 0 unspecified atom stereocenters. The summed E-state index contributed by atoms with van der Waals surface area (Å²) in [6.45, 7) is 0. The molecule has 5 N–H and O–H groups in total. The highest BCUT2D eigenvalue weighted by Crippen LogP contribution is 2.25.